The SMILES string of the molecule is [C-]#N.[C-]#N.[C-]#N.[Hg+].[Zn+2]. The zero-order chi connectivity index (χ0) is 6.00. The van der Waals surface area contributed by atoms with Crippen LogP contribution in [-0.2, 0) is 47.1 Å². The van der Waals surface area contributed by atoms with E-state index in [-0.39, 0.29) is 47.1 Å². The summed E-state index contributed by atoms with van der Waals surface area (Å²) < 4.78 is 0. The van der Waals surface area contributed by atoms with Crippen molar-refractivity contribution in [2.75, 3.05) is 0 Å². The van der Waals surface area contributed by atoms with Crippen LogP contribution in [0.4, 0.5) is 0 Å². The molecule has 3 nitrogen and oxygen atoms in total. The third kappa shape index (κ3) is 188000. The molecule has 0 fully saturated rings. The fourth-order valence-electron chi connectivity index (χ4n) is 0. The maximum absolute atomic E-state index is 6.25. The molecule has 0 aromatic carbocycles. The van der Waals surface area contributed by atoms with Crippen LogP contribution >= 0.6 is 0 Å². The first-order chi connectivity index (χ1) is 3.00. The van der Waals surface area contributed by atoms with E-state index in [1.807, 2.05) is 0 Å². The minimum Gasteiger partial charge on any atom is -0.512 e. The van der Waals surface area contributed by atoms with Crippen LogP contribution in [0.25, 0.3) is 0 Å². The molecule has 0 aliphatic carbocycles. The molecule has 0 amide bonds. The summed E-state index contributed by atoms with van der Waals surface area (Å²) in [6.07, 6.45) is 0. The Labute approximate surface area is 82.2 Å². The van der Waals surface area contributed by atoms with Gasteiger partial charge in [0.15, 0.2) is 0 Å². The van der Waals surface area contributed by atoms with Gasteiger partial charge in [-0.1, -0.05) is 0 Å². The molecule has 1 radical (unpaired) electrons. The second-order valence-corrected chi connectivity index (χ2v) is 0. The van der Waals surface area contributed by atoms with Gasteiger partial charge in [0, 0.05) is 0 Å². The van der Waals surface area contributed by atoms with Crippen LogP contribution in [0.1, 0.15) is 0 Å². The van der Waals surface area contributed by atoms with Gasteiger partial charge in [0.1, 0.15) is 0 Å². The Hall–Kier alpha value is 0.0284. The molecule has 5 heteroatoms. The minimum absolute atomic E-state index is 0. The van der Waals surface area contributed by atoms with Gasteiger partial charge in [-0.2, -0.15) is 0 Å². The van der Waals surface area contributed by atoms with Crippen LogP contribution in [0.2, 0.25) is 0 Å². The Bertz CT molecular complexity index is 43.0. The fraction of sp³-hybridized carbons (Fsp3) is 0. The molecule has 0 rings (SSSR count). The summed E-state index contributed by atoms with van der Waals surface area (Å²) in [4.78, 5) is 0. The number of hydrogen-bond acceptors (Lipinski definition) is 3. The van der Waals surface area contributed by atoms with Crippen LogP contribution in [0.15, 0.2) is 0 Å². The maximum Gasteiger partial charge on any atom is 2.00 e. The Morgan fingerprint density at radius 3 is 0.625 bits per heavy atom. The summed E-state index contributed by atoms with van der Waals surface area (Å²) in [5, 5.41) is 18.8. The van der Waals surface area contributed by atoms with E-state index >= 15 is 0 Å². The van der Waals surface area contributed by atoms with Crippen LogP contribution in [-0.4, -0.2) is 0 Å². The summed E-state index contributed by atoms with van der Waals surface area (Å²) in [5.41, 5.74) is 0. The molecule has 0 spiro atoms. The Morgan fingerprint density at radius 2 is 0.625 bits per heavy atom. The topological polar surface area (TPSA) is 71.4 Å². The van der Waals surface area contributed by atoms with Crippen molar-refractivity contribution in [1.82, 2.24) is 0 Å². The van der Waals surface area contributed by atoms with E-state index < -0.39 is 0 Å². The molecule has 31 valence electrons. The fourth-order valence-corrected chi connectivity index (χ4v) is 0. The summed E-state index contributed by atoms with van der Waals surface area (Å²) in [6.45, 7) is 14.2. The van der Waals surface area contributed by atoms with Gasteiger partial charge in [-0.3, -0.25) is 0 Å². The maximum atomic E-state index is 6.25. The first-order valence-corrected chi connectivity index (χ1v) is 0.671. The predicted molar refractivity (Wildman–Crippen MR) is 14.9 cm³/mol. The normalized spacial score (nSPS) is 0.750. The van der Waals surface area contributed by atoms with E-state index in [1.54, 1.807) is 0 Å². The van der Waals surface area contributed by atoms with Gasteiger partial charge >= 0.3 is 47.1 Å². The minimum atomic E-state index is 0. The van der Waals surface area contributed by atoms with Crippen molar-refractivity contribution in [2.45, 2.75) is 0 Å². The van der Waals surface area contributed by atoms with Crippen LogP contribution in [0.5, 0.6) is 0 Å². The largest absolute Gasteiger partial charge is 2.00 e. The molecule has 0 bridgehead atoms. The van der Waals surface area contributed by atoms with E-state index in [2.05, 4.69) is 0 Å². The molecular formula is C3HgN3Zn. The molecule has 0 unspecified atom stereocenters. The van der Waals surface area contributed by atoms with Crippen LogP contribution in [0, 0.1) is 35.5 Å². The summed E-state index contributed by atoms with van der Waals surface area (Å²) in [7, 11) is 0. The third-order valence-electron chi connectivity index (χ3n) is 0. The second-order valence-electron chi connectivity index (χ2n) is 0. The van der Waals surface area contributed by atoms with Crippen molar-refractivity contribution in [1.29, 1.82) is 15.8 Å². The van der Waals surface area contributed by atoms with Gasteiger partial charge in [0.25, 0.3) is 0 Å². The van der Waals surface area contributed by atoms with Gasteiger partial charge in [-0.15, -0.1) is 0 Å². The van der Waals surface area contributed by atoms with Crippen LogP contribution < -0.4 is 0 Å². The zero-order valence-corrected chi connectivity index (χ0v) is 12.7. The molecule has 0 aliphatic heterocycles. The van der Waals surface area contributed by atoms with E-state index in [4.69, 9.17) is 35.5 Å². The Balaban J connectivity index is -0.00000000500. The van der Waals surface area contributed by atoms with E-state index in [1.165, 1.54) is 0 Å². The van der Waals surface area contributed by atoms with E-state index in [9.17, 15) is 0 Å². The van der Waals surface area contributed by atoms with Gasteiger partial charge < -0.3 is 35.5 Å². The first-order valence-electron chi connectivity index (χ1n) is 0.671. The standard InChI is InChI=1S/3CN.Hg.Zn/c3*1-2;;/q3*-1;+1;+2. The van der Waals surface area contributed by atoms with Crippen molar-refractivity contribution in [3.05, 3.63) is 19.7 Å². The zero-order valence-electron chi connectivity index (χ0n) is 4.26. The van der Waals surface area contributed by atoms with Crippen molar-refractivity contribution in [2.24, 2.45) is 0 Å². The molecule has 8 heavy (non-hydrogen) atoms. The Kier molecular flexibility index (Phi) is 1710000. The average Bonchev–Trinajstić information content (AvgIpc) is 1.81. The first kappa shape index (κ1) is 43.2. The van der Waals surface area contributed by atoms with E-state index in [0.717, 1.165) is 0 Å². The quantitative estimate of drug-likeness (QED) is 0.468. The molecule has 0 N–H and O–H groups in total. The predicted octanol–water partition coefficient (Wildman–Crippen LogP) is 0.284. The van der Waals surface area contributed by atoms with Gasteiger partial charge in [0.2, 0.25) is 0 Å². The molecule has 0 saturated heterocycles. The van der Waals surface area contributed by atoms with E-state index in [0.29, 0.717) is 0 Å². The third-order valence-corrected chi connectivity index (χ3v) is 0. The van der Waals surface area contributed by atoms with Gasteiger partial charge in [-0.25, -0.2) is 0 Å². The molecule has 0 aliphatic rings. The molecule has 0 heterocycles. The van der Waals surface area contributed by atoms with Gasteiger partial charge in [-0.05, 0) is 0 Å². The average molecular weight is 344 g/mol. The number of nitrogens with zero attached hydrogens (tertiary/aromatic N) is 3. The molecule has 0 aromatic heterocycles. The Morgan fingerprint density at radius 1 is 0.625 bits per heavy atom. The smallest absolute Gasteiger partial charge is 0.512 e. The monoisotopic (exact) mass is 344 g/mol. The van der Waals surface area contributed by atoms with Crippen molar-refractivity contribution >= 4 is 0 Å². The van der Waals surface area contributed by atoms with Crippen LogP contribution in [0.3, 0.4) is 0 Å². The molecule has 0 atom stereocenters. The second kappa shape index (κ2) is 316000. The molecule has 0 saturated carbocycles. The van der Waals surface area contributed by atoms with Crippen molar-refractivity contribution in [3.8, 4) is 0 Å². The number of rotatable bonds is 0. The molecule has 0 aromatic rings. The van der Waals surface area contributed by atoms with Crippen molar-refractivity contribution < 1.29 is 47.1 Å². The van der Waals surface area contributed by atoms with Crippen molar-refractivity contribution in [3.63, 3.8) is 0 Å². The summed E-state index contributed by atoms with van der Waals surface area (Å²) in [6, 6.07) is 0. The summed E-state index contributed by atoms with van der Waals surface area (Å²) >= 11 is 0. The summed E-state index contributed by atoms with van der Waals surface area (Å²) in [5.74, 6) is 0. The number of hydrogen-bond donors (Lipinski definition) is 0. The molecular weight excluding hydrogens is 344 g/mol. The van der Waals surface area contributed by atoms with Gasteiger partial charge in [0.05, 0.1) is 0 Å².